The molecule has 2 N–H and O–H groups in total. The molecule has 7 heteroatoms. The van der Waals surface area contributed by atoms with E-state index in [4.69, 9.17) is 0 Å². The number of hydrogen-bond acceptors (Lipinski definition) is 4. The summed E-state index contributed by atoms with van der Waals surface area (Å²) in [5.74, 6) is 0.562. The van der Waals surface area contributed by atoms with E-state index in [1.54, 1.807) is 16.8 Å². The zero-order chi connectivity index (χ0) is 14.4. The van der Waals surface area contributed by atoms with Gasteiger partial charge in [-0.3, -0.25) is 9.59 Å². The van der Waals surface area contributed by atoms with Gasteiger partial charge in [-0.25, -0.2) is 4.52 Å². The molecule has 22 heavy (non-hydrogen) atoms. The smallest absolute Gasteiger partial charge is 0.251 e. The number of H-pyrrole nitrogens is 1. The lowest BCUT2D eigenvalue weighted by Crippen LogP contribution is -2.28. The van der Waals surface area contributed by atoms with Gasteiger partial charge in [0.25, 0.3) is 5.56 Å². The molecule has 1 aliphatic carbocycles. The van der Waals surface area contributed by atoms with Crippen molar-refractivity contribution in [3.63, 3.8) is 0 Å². The maximum absolute atomic E-state index is 12.3. The van der Waals surface area contributed by atoms with Gasteiger partial charge in [-0.15, -0.1) is 12.4 Å². The van der Waals surface area contributed by atoms with E-state index >= 15 is 0 Å². The summed E-state index contributed by atoms with van der Waals surface area (Å²) < 4.78 is 1.76. The lowest BCUT2D eigenvalue weighted by molar-refractivity contribution is 0.0969. The molecule has 1 aliphatic heterocycles. The van der Waals surface area contributed by atoms with E-state index < -0.39 is 0 Å². The van der Waals surface area contributed by atoms with Gasteiger partial charge in [-0.2, -0.15) is 5.10 Å². The Hall–Kier alpha value is -1.66. The van der Waals surface area contributed by atoms with Crippen LogP contribution in [0.25, 0.3) is 5.65 Å². The molecule has 0 atom stereocenters. The Labute approximate surface area is 133 Å². The molecule has 2 aliphatic rings. The van der Waals surface area contributed by atoms with Crippen LogP contribution in [0.5, 0.6) is 0 Å². The second-order valence-electron chi connectivity index (χ2n) is 6.04. The molecular weight excluding hydrogens is 304 g/mol. The normalized spacial score (nSPS) is 19.1. The SMILES string of the molecule is Cl.O=C(c1cnn2c(C3CCNCC3)cc(=O)[nH]c12)C1CC1. The molecule has 0 spiro atoms. The number of carbonyl (C=O) groups excluding carboxylic acids is 1. The summed E-state index contributed by atoms with van der Waals surface area (Å²) in [6.45, 7) is 1.90. The average molecular weight is 323 g/mol. The topological polar surface area (TPSA) is 79.3 Å². The van der Waals surface area contributed by atoms with Crippen molar-refractivity contribution in [2.45, 2.75) is 31.6 Å². The van der Waals surface area contributed by atoms with Crippen LogP contribution in [0.1, 0.15) is 47.7 Å². The summed E-state index contributed by atoms with van der Waals surface area (Å²) in [6, 6.07) is 1.63. The van der Waals surface area contributed by atoms with Gasteiger partial charge in [-0.05, 0) is 38.8 Å². The maximum atomic E-state index is 12.3. The number of nitrogens with zero attached hydrogens (tertiary/aromatic N) is 2. The van der Waals surface area contributed by atoms with Crippen molar-refractivity contribution in [3.8, 4) is 0 Å². The molecule has 6 nitrogen and oxygen atoms in total. The third kappa shape index (κ3) is 2.57. The van der Waals surface area contributed by atoms with Crippen molar-refractivity contribution in [2.75, 3.05) is 13.1 Å². The minimum atomic E-state index is -0.152. The maximum Gasteiger partial charge on any atom is 0.251 e. The number of rotatable bonds is 3. The lowest BCUT2D eigenvalue weighted by atomic mass is 9.94. The van der Waals surface area contributed by atoms with E-state index in [1.807, 2.05) is 0 Å². The van der Waals surface area contributed by atoms with E-state index in [9.17, 15) is 9.59 Å². The largest absolute Gasteiger partial charge is 0.317 e. The van der Waals surface area contributed by atoms with Crippen molar-refractivity contribution < 1.29 is 4.79 Å². The molecule has 2 fully saturated rings. The standard InChI is InChI=1S/C15H18N4O2.ClH/c20-13-7-12(9-3-5-16-6-4-9)19-15(18-13)11(8-17-19)14(21)10-1-2-10;/h7-10,16H,1-6H2,(H,18,20);1H. The Morgan fingerprint density at radius 3 is 2.64 bits per heavy atom. The third-order valence-corrected chi connectivity index (χ3v) is 4.51. The van der Waals surface area contributed by atoms with Crippen molar-refractivity contribution in [2.24, 2.45) is 5.92 Å². The number of piperidine rings is 1. The van der Waals surface area contributed by atoms with Gasteiger partial charge in [0.05, 0.1) is 17.5 Å². The number of carbonyl (C=O) groups is 1. The van der Waals surface area contributed by atoms with Crippen molar-refractivity contribution in [1.29, 1.82) is 0 Å². The summed E-state index contributed by atoms with van der Waals surface area (Å²) in [5.41, 5.74) is 1.89. The molecular formula is C15H19ClN4O2. The fourth-order valence-electron chi connectivity index (χ4n) is 3.17. The molecule has 2 aromatic rings. The molecule has 0 radical (unpaired) electrons. The minimum Gasteiger partial charge on any atom is -0.317 e. The first-order chi connectivity index (χ1) is 10.2. The van der Waals surface area contributed by atoms with Gasteiger partial charge in [0.2, 0.25) is 0 Å². The Morgan fingerprint density at radius 2 is 1.95 bits per heavy atom. The van der Waals surface area contributed by atoms with Gasteiger partial charge in [0, 0.05) is 17.9 Å². The van der Waals surface area contributed by atoms with E-state index in [2.05, 4.69) is 15.4 Å². The number of fused-ring (bicyclic) bond motifs is 1. The number of halogens is 1. The Morgan fingerprint density at radius 1 is 1.23 bits per heavy atom. The second-order valence-corrected chi connectivity index (χ2v) is 6.04. The highest BCUT2D eigenvalue weighted by atomic mass is 35.5. The van der Waals surface area contributed by atoms with E-state index in [0.717, 1.165) is 44.5 Å². The fourth-order valence-corrected chi connectivity index (χ4v) is 3.17. The van der Waals surface area contributed by atoms with E-state index in [0.29, 0.717) is 17.1 Å². The predicted molar refractivity (Wildman–Crippen MR) is 85.0 cm³/mol. The van der Waals surface area contributed by atoms with Crippen LogP contribution >= 0.6 is 12.4 Å². The highest BCUT2D eigenvalue weighted by Gasteiger charge is 2.33. The highest BCUT2D eigenvalue weighted by Crippen LogP contribution is 2.33. The van der Waals surface area contributed by atoms with Crippen molar-refractivity contribution in [1.82, 2.24) is 19.9 Å². The Kier molecular flexibility index (Phi) is 4.06. The second kappa shape index (κ2) is 5.85. The third-order valence-electron chi connectivity index (χ3n) is 4.51. The fraction of sp³-hybridized carbons (Fsp3) is 0.533. The van der Waals surface area contributed by atoms with Gasteiger partial charge >= 0.3 is 0 Å². The quantitative estimate of drug-likeness (QED) is 0.839. The number of Topliss-reactive ketones (excluding diaryl/α,β-unsaturated/α-hetero) is 1. The molecule has 118 valence electrons. The Balaban J connectivity index is 0.00000144. The molecule has 0 aromatic carbocycles. The molecule has 2 aromatic heterocycles. The molecule has 0 amide bonds. The number of hydrogen-bond donors (Lipinski definition) is 2. The Bertz CT molecular complexity index is 756. The van der Waals surface area contributed by atoms with Crippen molar-refractivity contribution >= 4 is 23.8 Å². The van der Waals surface area contributed by atoms with Crippen LogP contribution in [0.4, 0.5) is 0 Å². The van der Waals surface area contributed by atoms with Crippen LogP contribution in [-0.4, -0.2) is 33.5 Å². The highest BCUT2D eigenvalue weighted by molar-refractivity contribution is 6.03. The minimum absolute atomic E-state index is 0. The summed E-state index contributed by atoms with van der Waals surface area (Å²) in [5, 5.41) is 7.70. The van der Waals surface area contributed by atoms with E-state index in [1.165, 1.54) is 0 Å². The lowest BCUT2D eigenvalue weighted by Gasteiger charge is -2.23. The zero-order valence-electron chi connectivity index (χ0n) is 12.2. The zero-order valence-corrected chi connectivity index (χ0v) is 13.0. The van der Waals surface area contributed by atoms with Gasteiger partial charge in [0.1, 0.15) is 5.65 Å². The summed E-state index contributed by atoms with van der Waals surface area (Å²) >= 11 is 0. The number of ketones is 1. The molecule has 1 saturated heterocycles. The van der Waals surface area contributed by atoms with E-state index in [-0.39, 0.29) is 29.7 Å². The van der Waals surface area contributed by atoms with Crippen LogP contribution in [0.15, 0.2) is 17.1 Å². The van der Waals surface area contributed by atoms with Crippen molar-refractivity contribution in [3.05, 3.63) is 33.9 Å². The monoisotopic (exact) mass is 322 g/mol. The summed E-state index contributed by atoms with van der Waals surface area (Å²) in [4.78, 5) is 27.1. The molecule has 4 rings (SSSR count). The average Bonchev–Trinajstić information content (AvgIpc) is 3.27. The first-order valence-corrected chi connectivity index (χ1v) is 7.60. The summed E-state index contributed by atoms with van der Waals surface area (Å²) in [6.07, 6.45) is 5.49. The first-order valence-electron chi connectivity index (χ1n) is 7.60. The molecule has 0 unspecified atom stereocenters. The summed E-state index contributed by atoms with van der Waals surface area (Å²) in [7, 11) is 0. The van der Waals surface area contributed by atoms with Crippen LogP contribution in [0, 0.1) is 5.92 Å². The van der Waals surface area contributed by atoms with Crippen LogP contribution in [0.2, 0.25) is 0 Å². The number of nitrogens with one attached hydrogen (secondary N) is 2. The predicted octanol–water partition coefficient (Wildman–Crippen LogP) is 1.50. The number of aromatic amines is 1. The van der Waals surface area contributed by atoms with Crippen LogP contribution in [-0.2, 0) is 0 Å². The van der Waals surface area contributed by atoms with Crippen LogP contribution < -0.4 is 10.9 Å². The van der Waals surface area contributed by atoms with Crippen LogP contribution in [0.3, 0.4) is 0 Å². The van der Waals surface area contributed by atoms with Gasteiger partial charge in [-0.1, -0.05) is 0 Å². The molecule has 3 heterocycles. The van der Waals surface area contributed by atoms with Gasteiger partial charge < -0.3 is 10.3 Å². The number of aromatic nitrogens is 3. The first kappa shape index (κ1) is 15.2. The van der Waals surface area contributed by atoms with Gasteiger partial charge in [0.15, 0.2) is 5.78 Å². The molecule has 1 saturated carbocycles. The molecule has 0 bridgehead atoms.